The highest BCUT2D eigenvalue weighted by Gasteiger charge is 2.11. The Labute approximate surface area is 122 Å². The molecule has 3 aromatic rings. The average Bonchev–Trinajstić information content (AvgIpc) is 2.55. The number of methoxy groups -OCH3 is 1. The van der Waals surface area contributed by atoms with Crippen molar-refractivity contribution in [1.82, 2.24) is 0 Å². The standard InChI is InChI=1S/C18H14O3/c1-20-15-9-4-8-14(12-15)18(19)21-17-11-5-7-13-6-2-3-10-16(13)17/h2-12H,1H3. The summed E-state index contributed by atoms with van der Waals surface area (Å²) in [6, 6.07) is 20.4. The fraction of sp³-hybridized carbons (Fsp3) is 0.0556. The first-order valence-electron chi connectivity index (χ1n) is 6.62. The number of esters is 1. The van der Waals surface area contributed by atoms with Crippen molar-refractivity contribution in [3.05, 3.63) is 72.3 Å². The van der Waals surface area contributed by atoms with Gasteiger partial charge in [-0.3, -0.25) is 0 Å². The number of benzene rings is 3. The highest BCUT2D eigenvalue weighted by molar-refractivity contribution is 5.95. The van der Waals surface area contributed by atoms with Gasteiger partial charge >= 0.3 is 5.97 Å². The summed E-state index contributed by atoms with van der Waals surface area (Å²) in [5, 5.41) is 1.95. The lowest BCUT2D eigenvalue weighted by molar-refractivity contribution is 0.0736. The van der Waals surface area contributed by atoms with Crippen LogP contribution in [0.2, 0.25) is 0 Å². The largest absolute Gasteiger partial charge is 0.497 e. The van der Waals surface area contributed by atoms with Crippen LogP contribution in [-0.4, -0.2) is 13.1 Å². The van der Waals surface area contributed by atoms with Crippen molar-refractivity contribution in [3.8, 4) is 11.5 Å². The molecule has 0 N–H and O–H groups in total. The van der Waals surface area contributed by atoms with Crippen LogP contribution < -0.4 is 9.47 Å². The Hall–Kier alpha value is -2.81. The minimum atomic E-state index is -0.398. The highest BCUT2D eigenvalue weighted by atomic mass is 16.5. The maximum Gasteiger partial charge on any atom is 0.343 e. The number of fused-ring (bicyclic) bond motifs is 1. The molecule has 0 aromatic heterocycles. The molecule has 3 rings (SSSR count). The Kier molecular flexibility index (Phi) is 3.56. The topological polar surface area (TPSA) is 35.5 Å². The third-order valence-electron chi connectivity index (χ3n) is 3.26. The Bertz CT molecular complexity index is 788. The zero-order valence-electron chi connectivity index (χ0n) is 11.6. The van der Waals surface area contributed by atoms with Crippen molar-refractivity contribution in [2.24, 2.45) is 0 Å². The zero-order valence-corrected chi connectivity index (χ0v) is 11.6. The molecule has 0 aliphatic rings. The van der Waals surface area contributed by atoms with Gasteiger partial charge in [0.25, 0.3) is 0 Å². The van der Waals surface area contributed by atoms with Crippen molar-refractivity contribution in [1.29, 1.82) is 0 Å². The Balaban J connectivity index is 1.93. The van der Waals surface area contributed by atoms with Gasteiger partial charge < -0.3 is 9.47 Å². The SMILES string of the molecule is COc1cccc(C(=O)Oc2cccc3ccccc23)c1. The molecule has 3 heteroatoms. The molecule has 3 nitrogen and oxygen atoms in total. The average molecular weight is 278 g/mol. The molecule has 21 heavy (non-hydrogen) atoms. The predicted molar refractivity (Wildman–Crippen MR) is 81.9 cm³/mol. The maximum atomic E-state index is 12.2. The van der Waals surface area contributed by atoms with E-state index in [4.69, 9.17) is 9.47 Å². The van der Waals surface area contributed by atoms with E-state index < -0.39 is 5.97 Å². The van der Waals surface area contributed by atoms with Crippen LogP contribution in [0.25, 0.3) is 10.8 Å². The third kappa shape index (κ3) is 2.72. The second-order valence-corrected chi connectivity index (χ2v) is 4.60. The zero-order chi connectivity index (χ0) is 14.7. The van der Waals surface area contributed by atoms with E-state index in [0.29, 0.717) is 17.1 Å². The smallest absolute Gasteiger partial charge is 0.343 e. The van der Waals surface area contributed by atoms with Gasteiger partial charge in [0.15, 0.2) is 0 Å². The Morgan fingerprint density at radius 1 is 0.905 bits per heavy atom. The van der Waals surface area contributed by atoms with E-state index >= 15 is 0 Å². The molecule has 0 amide bonds. The van der Waals surface area contributed by atoms with E-state index in [9.17, 15) is 4.79 Å². The lowest BCUT2D eigenvalue weighted by Gasteiger charge is -2.08. The van der Waals surface area contributed by atoms with Gasteiger partial charge in [-0.1, -0.05) is 42.5 Å². The third-order valence-corrected chi connectivity index (χ3v) is 3.26. The van der Waals surface area contributed by atoms with Crippen LogP contribution in [0.4, 0.5) is 0 Å². The second kappa shape index (κ2) is 5.67. The molecule has 3 aromatic carbocycles. The van der Waals surface area contributed by atoms with Crippen LogP contribution in [0.15, 0.2) is 66.7 Å². The number of carbonyl (C=O) groups excluding carboxylic acids is 1. The van der Waals surface area contributed by atoms with E-state index in [-0.39, 0.29) is 0 Å². The summed E-state index contributed by atoms with van der Waals surface area (Å²) in [5.41, 5.74) is 0.460. The molecule has 0 spiro atoms. The van der Waals surface area contributed by atoms with Crippen LogP contribution in [0.5, 0.6) is 11.5 Å². The Morgan fingerprint density at radius 2 is 1.67 bits per heavy atom. The molecule has 0 heterocycles. The summed E-state index contributed by atoms with van der Waals surface area (Å²) in [5.74, 6) is 0.786. The van der Waals surface area contributed by atoms with Gasteiger partial charge in [-0.25, -0.2) is 4.79 Å². The van der Waals surface area contributed by atoms with Gasteiger partial charge in [-0.05, 0) is 29.7 Å². The van der Waals surface area contributed by atoms with Gasteiger partial charge in [0, 0.05) is 5.39 Å². The van der Waals surface area contributed by atoms with Crippen molar-refractivity contribution in [3.63, 3.8) is 0 Å². The molecule has 104 valence electrons. The molecule has 0 saturated carbocycles. The molecule has 0 aliphatic carbocycles. The van der Waals surface area contributed by atoms with Crippen LogP contribution in [-0.2, 0) is 0 Å². The Morgan fingerprint density at radius 3 is 2.52 bits per heavy atom. The number of hydrogen-bond donors (Lipinski definition) is 0. The van der Waals surface area contributed by atoms with E-state index in [0.717, 1.165) is 10.8 Å². The summed E-state index contributed by atoms with van der Waals surface area (Å²) in [6.45, 7) is 0. The minimum Gasteiger partial charge on any atom is -0.497 e. The van der Waals surface area contributed by atoms with Gasteiger partial charge in [0.1, 0.15) is 11.5 Å². The van der Waals surface area contributed by atoms with E-state index in [1.165, 1.54) is 0 Å². The minimum absolute atomic E-state index is 0.398. The first-order chi connectivity index (χ1) is 10.3. The summed E-state index contributed by atoms with van der Waals surface area (Å²) in [4.78, 5) is 12.2. The van der Waals surface area contributed by atoms with Gasteiger partial charge in [0.05, 0.1) is 12.7 Å². The first-order valence-corrected chi connectivity index (χ1v) is 6.62. The van der Waals surface area contributed by atoms with Crippen molar-refractivity contribution in [2.45, 2.75) is 0 Å². The van der Waals surface area contributed by atoms with Crippen LogP contribution in [0.1, 0.15) is 10.4 Å². The normalized spacial score (nSPS) is 10.3. The number of rotatable bonds is 3. The molecule has 0 fully saturated rings. The monoisotopic (exact) mass is 278 g/mol. The lowest BCUT2D eigenvalue weighted by atomic mass is 10.1. The summed E-state index contributed by atoms with van der Waals surface area (Å²) in [6.07, 6.45) is 0. The summed E-state index contributed by atoms with van der Waals surface area (Å²) < 4.78 is 10.6. The van der Waals surface area contributed by atoms with Crippen molar-refractivity contribution < 1.29 is 14.3 Å². The fourth-order valence-electron chi connectivity index (χ4n) is 2.19. The highest BCUT2D eigenvalue weighted by Crippen LogP contribution is 2.26. The quantitative estimate of drug-likeness (QED) is 0.535. The van der Waals surface area contributed by atoms with Crippen molar-refractivity contribution >= 4 is 16.7 Å². The number of carbonyl (C=O) groups is 1. The predicted octanol–water partition coefficient (Wildman–Crippen LogP) is 4.07. The van der Waals surface area contributed by atoms with E-state index in [1.807, 2.05) is 36.4 Å². The van der Waals surface area contributed by atoms with Crippen LogP contribution in [0.3, 0.4) is 0 Å². The van der Waals surface area contributed by atoms with Gasteiger partial charge in [-0.2, -0.15) is 0 Å². The van der Waals surface area contributed by atoms with Gasteiger partial charge in [0.2, 0.25) is 0 Å². The molecular formula is C18H14O3. The molecule has 0 bridgehead atoms. The summed E-state index contributed by atoms with van der Waals surface area (Å²) >= 11 is 0. The molecule has 0 unspecified atom stereocenters. The van der Waals surface area contributed by atoms with Crippen molar-refractivity contribution in [2.75, 3.05) is 7.11 Å². The molecule has 0 radical (unpaired) electrons. The van der Waals surface area contributed by atoms with E-state index in [1.54, 1.807) is 37.4 Å². The molecule has 0 aliphatic heterocycles. The molecule has 0 saturated heterocycles. The fourth-order valence-corrected chi connectivity index (χ4v) is 2.19. The molecule has 0 atom stereocenters. The summed E-state index contributed by atoms with van der Waals surface area (Å²) in [7, 11) is 1.56. The van der Waals surface area contributed by atoms with E-state index in [2.05, 4.69) is 0 Å². The number of ether oxygens (including phenoxy) is 2. The van der Waals surface area contributed by atoms with Gasteiger partial charge in [-0.15, -0.1) is 0 Å². The molecular weight excluding hydrogens is 264 g/mol. The maximum absolute atomic E-state index is 12.2. The van der Waals surface area contributed by atoms with Crippen LogP contribution >= 0.6 is 0 Å². The number of hydrogen-bond acceptors (Lipinski definition) is 3. The van der Waals surface area contributed by atoms with Crippen LogP contribution in [0, 0.1) is 0 Å². The second-order valence-electron chi connectivity index (χ2n) is 4.60. The first kappa shape index (κ1) is 13.2. The lowest BCUT2D eigenvalue weighted by Crippen LogP contribution is -2.08.